The molecule has 2 aliphatic rings. The van der Waals surface area contributed by atoms with Gasteiger partial charge in [-0.1, -0.05) is 60.1 Å². The lowest BCUT2D eigenvalue weighted by molar-refractivity contribution is -0.132. The van der Waals surface area contributed by atoms with Crippen molar-refractivity contribution in [3.05, 3.63) is 116 Å². The molecule has 2 aliphatic heterocycles. The van der Waals surface area contributed by atoms with Gasteiger partial charge in [-0.3, -0.25) is 19.3 Å². The van der Waals surface area contributed by atoms with E-state index in [9.17, 15) is 14.4 Å². The number of carbonyl (C=O) groups excluding carboxylic acids is 2. The number of benzene rings is 3. The molecule has 41 heavy (non-hydrogen) atoms. The Kier molecular flexibility index (Phi) is 7.87. The Hall–Kier alpha value is -3.98. The second-order valence-electron chi connectivity index (χ2n) is 10.6. The third-order valence-corrected chi connectivity index (χ3v) is 7.92. The van der Waals surface area contributed by atoms with Gasteiger partial charge in [-0.2, -0.15) is 0 Å². The molecule has 0 bridgehead atoms. The molecule has 3 heterocycles. The fraction of sp³-hybridized carbons (Fsp3) is 0.281. The van der Waals surface area contributed by atoms with Crippen molar-refractivity contribution in [1.82, 2.24) is 19.7 Å². The van der Waals surface area contributed by atoms with Crippen molar-refractivity contribution in [2.75, 3.05) is 26.3 Å². The molecular formula is C32H31ClN4O4. The van der Waals surface area contributed by atoms with Crippen molar-refractivity contribution in [2.24, 2.45) is 0 Å². The van der Waals surface area contributed by atoms with Crippen molar-refractivity contribution in [3.63, 3.8) is 0 Å². The Morgan fingerprint density at radius 1 is 0.878 bits per heavy atom. The number of hydrogen-bond acceptors (Lipinski definition) is 5. The minimum Gasteiger partial charge on any atom is -0.379 e. The first-order valence-electron chi connectivity index (χ1n) is 13.8. The van der Waals surface area contributed by atoms with Gasteiger partial charge in [0.05, 0.1) is 18.7 Å². The van der Waals surface area contributed by atoms with Crippen molar-refractivity contribution in [3.8, 4) is 0 Å². The molecule has 1 aromatic heterocycles. The predicted octanol–water partition coefficient (Wildman–Crippen LogP) is 3.96. The van der Waals surface area contributed by atoms with Crippen molar-refractivity contribution in [1.29, 1.82) is 0 Å². The maximum atomic E-state index is 13.9. The first kappa shape index (κ1) is 27.2. The molecule has 4 aromatic rings. The normalized spacial score (nSPS) is 15.6. The van der Waals surface area contributed by atoms with Crippen LogP contribution in [0.4, 0.5) is 0 Å². The lowest BCUT2D eigenvalue weighted by Crippen LogP contribution is -2.35. The monoisotopic (exact) mass is 570 g/mol. The van der Waals surface area contributed by atoms with Crippen LogP contribution in [0.1, 0.15) is 32.6 Å². The van der Waals surface area contributed by atoms with E-state index in [0.717, 1.165) is 35.3 Å². The summed E-state index contributed by atoms with van der Waals surface area (Å²) in [6.07, 6.45) is 1.54. The zero-order valence-corrected chi connectivity index (χ0v) is 23.4. The lowest BCUT2D eigenvalue weighted by atomic mass is 10.0. The van der Waals surface area contributed by atoms with E-state index in [2.05, 4.69) is 16.3 Å². The Bertz CT molecular complexity index is 1650. The molecule has 8 nitrogen and oxygen atoms in total. The highest BCUT2D eigenvalue weighted by Gasteiger charge is 2.26. The number of halogens is 1. The van der Waals surface area contributed by atoms with Gasteiger partial charge < -0.3 is 19.5 Å². The third kappa shape index (κ3) is 6.05. The molecule has 210 valence electrons. The molecule has 1 saturated heterocycles. The van der Waals surface area contributed by atoms with Crippen molar-refractivity contribution < 1.29 is 14.3 Å². The molecule has 0 saturated carbocycles. The lowest BCUT2D eigenvalue weighted by Gasteiger charge is -2.27. The predicted molar refractivity (Wildman–Crippen MR) is 158 cm³/mol. The van der Waals surface area contributed by atoms with Gasteiger partial charge in [-0.15, -0.1) is 0 Å². The van der Waals surface area contributed by atoms with Crippen LogP contribution in [0.15, 0.2) is 77.7 Å². The highest BCUT2D eigenvalue weighted by atomic mass is 35.5. The SMILES string of the molecule is O=C(NCc1ccc(Cl)cc1)c1cn2c3c(cc(CN4CCOCC4)cc3c1=O)CN(Cc1ccccc1)C(=O)C2. The zero-order valence-electron chi connectivity index (χ0n) is 22.6. The summed E-state index contributed by atoms with van der Waals surface area (Å²) in [6.45, 7) is 4.74. The van der Waals surface area contributed by atoms with Gasteiger partial charge in [0, 0.05) is 55.9 Å². The molecule has 3 aromatic carbocycles. The van der Waals surface area contributed by atoms with Gasteiger partial charge in [-0.05, 0) is 40.5 Å². The molecule has 9 heteroatoms. The highest BCUT2D eigenvalue weighted by molar-refractivity contribution is 6.30. The van der Waals surface area contributed by atoms with Crippen LogP contribution in [-0.2, 0) is 42.3 Å². The number of ether oxygens (including phenoxy) is 1. The van der Waals surface area contributed by atoms with Gasteiger partial charge in [0.2, 0.25) is 11.3 Å². The number of nitrogens with zero attached hydrogens (tertiary/aromatic N) is 3. The summed E-state index contributed by atoms with van der Waals surface area (Å²) in [4.78, 5) is 44.8. The standard InChI is InChI=1S/C32H31ClN4O4/c33-26-8-6-22(7-9-26)16-34-32(40)28-20-37-21-29(38)36(18-23-4-2-1-3-5-23)19-25-14-24(15-27(30(25)37)31(28)39)17-35-10-12-41-13-11-35/h1-9,14-15,20H,10-13,16-19,21H2,(H,34,40). The molecule has 0 atom stereocenters. The quantitative estimate of drug-likeness (QED) is 0.364. The molecule has 1 N–H and O–H groups in total. The van der Waals surface area contributed by atoms with Crippen LogP contribution in [0.25, 0.3) is 10.9 Å². The minimum atomic E-state index is -0.478. The smallest absolute Gasteiger partial charge is 0.257 e. The Labute approximate surface area is 243 Å². The first-order valence-corrected chi connectivity index (χ1v) is 14.2. The van der Waals surface area contributed by atoms with E-state index in [4.69, 9.17) is 16.3 Å². The first-order chi connectivity index (χ1) is 19.9. The van der Waals surface area contributed by atoms with Crippen molar-refractivity contribution >= 4 is 34.3 Å². The second-order valence-corrected chi connectivity index (χ2v) is 11.0. The van der Waals surface area contributed by atoms with Gasteiger partial charge in [0.1, 0.15) is 12.1 Å². The van der Waals surface area contributed by atoms with Crippen LogP contribution in [0.3, 0.4) is 0 Å². The maximum absolute atomic E-state index is 13.9. The van der Waals surface area contributed by atoms with Gasteiger partial charge in [-0.25, -0.2) is 0 Å². The fourth-order valence-electron chi connectivity index (χ4n) is 5.58. The van der Waals surface area contributed by atoms with Crippen LogP contribution in [0.2, 0.25) is 5.02 Å². The Balaban J connectivity index is 1.38. The van der Waals surface area contributed by atoms with Gasteiger partial charge in [0.25, 0.3) is 5.91 Å². The summed E-state index contributed by atoms with van der Waals surface area (Å²) in [6, 6.07) is 21.0. The van der Waals surface area contributed by atoms with Gasteiger partial charge >= 0.3 is 0 Å². The van der Waals surface area contributed by atoms with Crippen LogP contribution in [0.5, 0.6) is 0 Å². The number of nitrogens with one attached hydrogen (secondary N) is 1. The molecule has 0 radical (unpaired) electrons. The van der Waals surface area contributed by atoms with E-state index in [1.165, 1.54) is 6.20 Å². The summed E-state index contributed by atoms with van der Waals surface area (Å²) in [5, 5.41) is 3.93. The third-order valence-electron chi connectivity index (χ3n) is 7.67. The summed E-state index contributed by atoms with van der Waals surface area (Å²) in [7, 11) is 0. The summed E-state index contributed by atoms with van der Waals surface area (Å²) < 4.78 is 7.28. The largest absolute Gasteiger partial charge is 0.379 e. The fourth-order valence-corrected chi connectivity index (χ4v) is 5.71. The summed E-state index contributed by atoms with van der Waals surface area (Å²) >= 11 is 5.98. The van der Waals surface area contributed by atoms with Gasteiger partial charge in [0.15, 0.2) is 0 Å². The van der Waals surface area contributed by atoms with E-state index in [1.54, 1.807) is 16.7 Å². The minimum absolute atomic E-state index is 0.0187. The zero-order chi connectivity index (χ0) is 28.3. The topological polar surface area (TPSA) is 83.9 Å². The molecule has 0 spiro atoms. The van der Waals surface area contributed by atoms with E-state index in [0.29, 0.717) is 48.8 Å². The maximum Gasteiger partial charge on any atom is 0.257 e. The summed E-state index contributed by atoms with van der Waals surface area (Å²) in [5.74, 6) is -0.550. The number of carbonyl (C=O) groups is 2. The van der Waals surface area contributed by atoms with E-state index < -0.39 is 5.91 Å². The molecular weight excluding hydrogens is 540 g/mol. The number of amides is 2. The van der Waals surface area contributed by atoms with Crippen LogP contribution >= 0.6 is 11.6 Å². The van der Waals surface area contributed by atoms with E-state index >= 15 is 0 Å². The van der Waals surface area contributed by atoms with Crippen LogP contribution in [-0.4, -0.2) is 52.5 Å². The molecule has 0 aliphatic carbocycles. The number of pyridine rings is 1. The molecule has 2 amide bonds. The number of rotatable bonds is 7. The van der Waals surface area contributed by atoms with Crippen molar-refractivity contribution in [2.45, 2.75) is 32.7 Å². The molecule has 6 rings (SSSR count). The number of aromatic nitrogens is 1. The molecule has 0 unspecified atom stereocenters. The second kappa shape index (κ2) is 11.9. The highest BCUT2D eigenvalue weighted by Crippen LogP contribution is 2.26. The number of morpholine rings is 1. The Morgan fingerprint density at radius 2 is 1.63 bits per heavy atom. The average Bonchev–Trinajstić information content (AvgIpc) is 3.11. The molecule has 1 fully saturated rings. The summed E-state index contributed by atoms with van der Waals surface area (Å²) in [5.41, 5.74) is 4.17. The number of hydrogen-bond donors (Lipinski definition) is 1. The van der Waals surface area contributed by atoms with E-state index in [1.807, 2.05) is 53.4 Å². The average molecular weight is 571 g/mol. The van der Waals surface area contributed by atoms with Crippen LogP contribution in [0, 0.1) is 0 Å². The van der Waals surface area contributed by atoms with E-state index in [-0.39, 0.29) is 30.0 Å². The van der Waals surface area contributed by atoms with Crippen LogP contribution < -0.4 is 10.7 Å². The Morgan fingerprint density at radius 3 is 2.39 bits per heavy atom.